The van der Waals surface area contributed by atoms with Gasteiger partial charge in [0.1, 0.15) is 5.75 Å². The molecular weight excluding hydrogens is 319 g/mol. The number of hydrogen-bond acceptors (Lipinski definition) is 2. The molecule has 1 N–H and O–H groups in total. The fourth-order valence-electron chi connectivity index (χ4n) is 2.88. The van der Waals surface area contributed by atoms with Gasteiger partial charge in [0.25, 0.3) is 0 Å². The van der Waals surface area contributed by atoms with E-state index in [2.05, 4.69) is 5.32 Å². The average molecular weight is 343 g/mol. The van der Waals surface area contributed by atoms with Crippen LogP contribution >= 0.6 is 0 Å². The Bertz CT molecular complexity index is 590. The lowest BCUT2D eigenvalue weighted by Crippen LogP contribution is -2.30. The molecule has 1 aliphatic rings. The first-order chi connectivity index (χ1) is 11.1. The molecule has 2 rings (SSSR count). The topological polar surface area (TPSA) is 38.3 Å². The van der Waals surface area contributed by atoms with E-state index in [1.54, 1.807) is 0 Å². The van der Waals surface area contributed by atoms with Crippen molar-refractivity contribution in [1.82, 2.24) is 0 Å². The normalized spacial score (nSPS) is 17.1. The van der Waals surface area contributed by atoms with Crippen LogP contribution in [0.2, 0.25) is 0 Å². The molecule has 1 fully saturated rings. The summed E-state index contributed by atoms with van der Waals surface area (Å²) in [4.78, 5) is 12.4. The first-order valence-electron chi connectivity index (χ1n) is 8.27. The van der Waals surface area contributed by atoms with Gasteiger partial charge in [-0.25, -0.2) is 0 Å². The number of hydrogen-bond donors (Lipinski definition) is 1. The summed E-state index contributed by atoms with van der Waals surface area (Å²) in [7, 11) is 0. The number of carbonyl (C=O) groups excluding carboxylic acids is 1. The van der Waals surface area contributed by atoms with Crippen molar-refractivity contribution in [1.29, 1.82) is 0 Å². The van der Waals surface area contributed by atoms with E-state index in [0.29, 0.717) is 0 Å². The summed E-state index contributed by atoms with van der Waals surface area (Å²) in [5, 5.41) is 2.63. The van der Waals surface area contributed by atoms with Crippen molar-refractivity contribution in [3.63, 3.8) is 0 Å². The number of benzene rings is 1. The Hall–Kier alpha value is -1.72. The number of nitrogens with one attached hydrogen (secondary N) is 1. The second-order valence-electron chi connectivity index (χ2n) is 7.14. The molecule has 0 aromatic heterocycles. The zero-order valence-electron chi connectivity index (χ0n) is 14.3. The maximum Gasteiger partial charge on any atom is 0.420 e. The van der Waals surface area contributed by atoms with Gasteiger partial charge in [-0.1, -0.05) is 33.6 Å². The second-order valence-corrected chi connectivity index (χ2v) is 7.14. The Morgan fingerprint density at radius 2 is 1.92 bits per heavy atom. The van der Waals surface area contributed by atoms with Crippen molar-refractivity contribution < 1.29 is 22.7 Å². The molecule has 0 heterocycles. The van der Waals surface area contributed by atoms with E-state index in [1.165, 1.54) is 12.1 Å². The number of anilines is 1. The van der Waals surface area contributed by atoms with Gasteiger partial charge in [0.05, 0.1) is 12.2 Å². The Balaban J connectivity index is 2.21. The van der Waals surface area contributed by atoms with Gasteiger partial charge in [-0.3, -0.25) is 4.79 Å². The van der Waals surface area contributed by atoms with E-state index in [-0.39, 0.29) is 29.9 Å². The Morgan fingerprint density at radius 1 is 1.29 bits per heavy atom. The van der Waals surface area contributed by atoms with Gasteiger partial charge in [0.15, 0.2) is 0 Å². The molecule has 134 valence electrons. The Labute approximate surface area is 140 Å². The number of amides is 1. The van der Waals surface area contributed by atoms with Crippen molar-refractivity contribution in [2.24, 2.45) is 11.3 Å². The highest BCUT2D eigenvalue weighted by Crippen LogP contribution is 2.40. The quantitative estimate of drug-likeness (QED) is 0.792. The number of ether oxygens (including phenoxy) is 1. The molecule has 0 aliphatic heterocycles. The largest absolute Gasteiger partial charge is 0.493 e. The van der Waals surface area contributed by atoms with Gasteiger partial charge < -0.3 is 10.1 Å². The van der Waals surface area contributed by atoms with E-state index in [9.17, 15) is 18.0 Å². The monoisotopic (exact) mass is 343 g/mol. The van der Waals surface area contributed by atoms with Gasteiger partial charge in [-0.05, 0) is 37.0 Å². The highest BCUT2D eigenvalue weighted by molar-refractivity contribution is 5.95. The molecule has 1 aromatic rings. The molecule has 0 unspecified atom stereocenters. The molecule has 0 spiro atoms. The SMILES string of the molecule is CC(C)COc1ccc(NC(=O)C2(C)CCCC2)cc1C(F)(F)F. The summed E-state index contributed by atoms with van der Waals surface area (Å²) in [6.07, 6.45) is -1.06. The Kier molecular flexibility index (Phi) is 5.45. The zero-order chi connectivity index (χ0) is 18.0. The van der Waals surface area contributed by atoms with Gasteiger partial charge >= 0.3 is 6.18 Å². The van der Waals surface area contributed by atoms with Crippen LogP contribution in [0.4, 0.5) is 18.9 Å². The van der Waals surface area contributed by atoms with Gasteiger partial charge in [0, 0.05) is 11.1 Å². The molecule has 3 nitrogen and oxygen atoms in total. The lowest BCUT2D eigenvalue weighted by Gasteiger charge is -2.23. The maximum absolute atomic E-state index is 13.3. The van der Waals surface area contributed by atoms with Gasteiger partial charge in [0.2, 0.25) is 5.91 Å². The molecule has 1 aliphatic carbocycles. The molecule has 1 saturated carbocycles. The van der Waals surface area contributed by atoms with Crippen LogP contribution in [0.5, 0.6) is 5.75 Å². The molecule has 0 atom stereocenters. The summed E-state index contributed by atoms with van der Waals surface area (Å²) >= 11 is 0. The summed E-state index contributed by atoms with van der Waals surface area (Å²) in [5.74, 6) is -0.307. The van der Waals surface area contributed by atoms with Crippen LogP contribution in [-0.2, 0) is 11.0 Å². The minimum atomic E-state index is -4.54. The Morgan fingerprint density at radius 3 is 2.46 bits per heavy atom. The van der Waals surface area contributed by atoms with Crippen LogP contribution < -0.4 is 10.1 Å². The lowest BCUT2D eigenvalue weighted by atomic mass is 9.88. The molecular formula is C18H24F3NO2. The number of halogens is 3. The fourth-order valence-corrected chi connectivity index (χ4v) is 2.88. The van der Waals surface area contributed by atoms with Crippen molar-refractivity contribution in [3.8, 4) is 5.75 Å². The highest BCUT2D eigenvalue weighted by atomic mass is 19.4. The standard InChI is InChI=1S/C18H24F3NO2/c1-12(2)11-24-15-7-6-13(10-14(15)18(19,20)21)22-16(23)17(3)8-4-5-9-17/h6-7,10,12H,4-5,8-9,11H2,1-3H3,(H,22,23). The van der Waals surface area contributed by atoms with E-state index in [4.69, 9.17) is 4.74 Å². The second kappa shape index (κ2) is 7.03. The van der Waals surface area contributed by atoms with Gasteiger partial charge in [-0.2, -0.15) is 13.2 Å². The van der Waals surface area contributed by atoms with Crippen molar-refractivity contribution in [2.45, 2.75) is 52.6 Å². The van der Waals surface area contributed by atoms with Crippen LogP contribution in [0.15, 0.2) is 18.2 Å². The predicted molar refractivity (Wildman–Crippen MR) is 87.0 cm³/mol. The maximum atomic E-state index is 13.3. The minimum absolute atomic E-state index is 0.118. The van der Waals surface area contributed by atoms with E-state index < -0.39 is 17.2 Å². The molecule has 0 radical (unpaired) electrons. The third-order valence-corrected chi connectivity index (χ3v) is 4.37. The first-order valence-corrected chi connectivity index (χ1v) is 8.27. The molecule has 1 aromatic carbocycles. The number of rotatable bonds is 5. The summed E-state index contributed by atoms with van der Waals surface area (Å²) in [6, 6.07) is 3.69. The third kappa shape index (κ3) is 4.42. The highest BCUT2D eigenvalue weighted by Gasteiger charge is 2.38. The van der Waals surface area contributed by atoms with Gasteiger partial charge in [-0.15, -0.1) is 0 Å². The van der Waals surface area contributed by atoms with E-state index >= 15 is 0 Å². The zero-order valence-corrected chi connectivity index (χ0v) is 14.3. The molecule has 0 saturated heterocycles. The summed E-state index contributed by atoms with van der Waals surface area (Å²) in [6.45, 7) is 5.79. The first kappa shape index (κ1) is 18.6. The lowest BCUT2D eigenvalue weighted by molar-refractivity contribution is -0.139. The smallest absolute Gasteiger partial charge is 0.420 e. The molecule has 24 heavy (non-hydrogen) atoms. The average Bonchev–Trinajstić information content (AvgIpc) is 2.93. The van der Waals surface area contributed by atoms with Crippen molar-refractivity contribution >= 4 is 11.6 Å². The van der Waals surface area contributed by atoms with Crippen LogP contribution in [0, 0.1) is 11.3 Å². The van der Waals surface area contributed by atoms with Crippen molar-refractivity contribution in [2.75, 3.05) is 11.9 Å². The van der Waals surface area contributed by atoms with Crippen LogP contribution in [0.1, 0.15) is 52.0 Å². The molecule has 6 heteroatoms. The minimum Gasteiger partial charge on any atom is -0.493 e. The summed E-state index contributed by atoms with van der Waals surface area (Å²) in [5.41, 5.74) is -1.21. The van der Waals surface area contributed by atoms with E-state index in [1.807, 2.05) is 20.8 Å². The number of carbonyl (C=O) groups is 1. The fraction of sp³-hybridized carbons (Fsp3) is 0.611. The van der Waals surface area contributed by atoms with Crippen molar-refractivity contribution in [3.05, 3.63) is 23.8 Å². The van der Waals surface area contributed by atoms with Crippen LogP contribution in [0.3, 0.4) is 0 Å². The van der Waals surface area contributed by atoms with Crippen LogP contribution in [-0.4, -0.2) is 12.5 Å². The number of alkyl halides is 3. The molecule has 1 amide bonds. The predicted octanol–water partition coefficient (Wildman–Crippen LogP) is 5.26. The third-order valence-electron chi connectivity index (χ3n) is 4.37. The van der Waals surface area contributed by atoms with E-state index in [0.717, 1.165) is 31.7 Å². The summed E-state index contributed by atoms with van der Waals surface area (Å²) < 4.78 is 45.1. The molecule has 0 bridgehead atoms. The van der Waals surface area contributed by atoms with Crippen LogP contribution in [0.25, 0.3) is 0 Å².